The van der Waals surface area contributed by atoms with E-state index in [4.69, 9.17) is 4.49 Å². The van der Waals surface area contributed by atoms with Gasteiger partial charge >= 0.3 is 83.8 Å². The Morgan fingerprint density at radius 1 is 1.25 bits per heavy atom. The molecule has 0 aliphatic carbocycles. The van der Waals surface area contributed by atoms with Crippen LogP contribution >= 0.6 is 0 Å². The van der Waals surface area contributed by atoms with Gasteiger partial charge in [0.2, 0.25) is 0 Å². The Morgan fingerprint density at radius 2 is 1.67 bits per heavy atom. The fraction of sp³-hybridized carbons (Fsp3) is 0.833. The summed E-state index contributed by atoms with van der Waals surface area (Å²) in [7, 11) is 0. The van der Waals surface area contributed by atoms with Crippen molar-refractivity contribution in [3.63, 3.8) is 0 Å². The molecule has 0 heterocycles. The second-order valence-electron chi connectivity index (χ2n) is 3.54. The molecule has 0 spiro atoms. The molecular weight excluding hydrogens is 373 g/mol. The summed E-state index contributed by atoms with van der Waals surface area (Å²) in [6.07, 6.45) is 0. The van der Waals surface area contributed by atoms with Crippen molar-refractivity contribution in [2.75, 3.05) is 0 Å². The van der Waals surface area contributed by atoms with Crippen LogP contribution in [-0.2, 0) is 9.28 Å². The number of rotatable bonds is 3. The average molecular weight is 390 g/mol. The Hall–Kier alpha value is 0.987. The molecular formula is C6H16O4Sn2. The number of hydrogen-bond acceptors (Lipinski definition) is 4. The number of hydrogen-bond donors (Lipinski definition) is 1. The van der Waals surface area contributed by atoms with Crippen molar-refractivity contribution in [3.05, 3.63) is 0 Å². The summed E-state index contributed by atoms with van der Waals surface area (Å²) in [5, 5.41) is 0. The quantitative estimate of drug-likeness (QED) is 0.731. The molecule has 0 fully saturated rings. The van der Waals surface area contributed by atoms with Crippen molar-refractivity contribution in [1.82, 2.24) is 0 Å². The van der Waals surface area contributed by atoms with E-state index in [1.165, 1.54) is 6.92 Å². The molecule has 1 N–H and O–H groups in total. The van der Waals surface area contributed by atoms with Crippen LogP contribution in [0.1, 0.15) is 6.92 Å². The van der Waals surface area contributed by atoms with Crippen LogP contribution in [0.15, 0.2) is 0 Å². The summed E-state index contributed by atoms with van der Waals surface area (Å²) in [6, 6.07) is 0. The van der Waals surface area contributed by atoms with Gasteiger partial charge in [0.25, 0.3) is 0 Å². The molecule has 12 heavy (non-hydrogen) atoms. The summed E-state index contributed by atoms with van der Waals surface area (Å²) >= 11 is -6.35. The fourth-order valence-electron chi connectivity index (χ4n) is 0.968. The molecule has 0 aromatic rings. The normalized spacial score (nSPS) is 12.8. The van der Waals surface area contributed by atoms with Gasteiger partial charge in [0, 0.05) is 0 Å². The third-order valence-corrected chi connectivity index (χ3v) is 24.9. The van der Waals surface area contributed by atoms with E-state index in [9.17, 15) is 8.24 Å². The van der Waals surface area contributed by atoms with Crippen molar-refractivity contribution in [2.45, 2.75) is 26.7 Å². The van der Waals surface area contributed by atoms with Crippen molar-refractivity contribution < 1.29 is 12.7 Å². The first-order valence-corrected chi connectivity index (χ1v) is 19.9. The monoisotopic (exact) mass is 392 g/mol. The van der Waals surface area contributed by atoms with Gasteiger partial charge in [-0.15, -0.1) is 0 Å². The number of carbonyl (C=O) groups is 1. The van der Waals surface area contributed by atoms with Crippen LogP contribution in [0, 0.1) is 0 Å². The van der Waals surface area contributed by atoms with Crippen LogP contribution in [0.25, 0.3) is 0 Å². The molecule has 0 atom stereocenters. The van der Waals surface area contributed by atoms with Gasteiger partial charge in [0.15, 0.2) is 0 Å². The van der Waals surface area contributed by atoms with Crippen LogP contribution in [0.3, 0.4) is 0 Å². The molecule has 0 unspecified atom stereocenters. The molecule has 0 aromatic carbocycles. The predicted molar refractivity (Wildman–Crippen MR) is 50.0 cm³/mol. The molecule has 0 amide bonds. The van der Waals surface area contributed by atoms with E-state index in [0.29, 0.717) is 0 Å². The summed E-state index contributed by atoms with van der Waals surface area (Å²) < 4.78 is 20.0. The number of carbonyl (C=O) groups excluding carboxylic acids is 1. The zero-order valence-corrected chi connectivity index (χ0v) is 13.9. The Morgan fingerprint density at radius 3 is 1.92 bits per heavy atom. The first-order valence-electron chi connectivity index (χ1n) is 3.74. The maximum atomic E-state index is 10.6. The molecule has 0 radical (unpaired) electrons. The van der Waals surface area contributed by atoms with Gasteiger partial charge in [-0.05, 0) is 0 Å². The summed E-state index contributed by atoms with van der Waals surface area (Å²) in [6.45, 7) is 1.36. The second-order valence-corrected chi connectivity index (χ2v) is 24.9. The summed E-state index contributed by atoms with van der Waals surface area (Å²) in [5.41, 5.74) is 0. The van der Waals surface area contributed by atoms with Gasteiger partial charge in [0.1, 0.15) is 0 Å². The molecule has 4 nitrogen and oxygen atoms in total. The minimum atomic E-state index is -3.22. The Kier molecular flexibility index (Phi) is 4.84. The summed E-state index contributed by atoms with van der Waals surface area (Å²) in [5.74, 6) is -0.314. The molecule has 0 aromatic heterocycles. The van der Waals surface area contributed by atoms with Crippen LogP contribution in [0.5, 0.6) is 0 Å². The van der Waals surface area contributed by atoms with Crippen molar-refractivity contribution in [2.24, 2.45) is 0 Å². The van der Waals surface area contributed by atoms with E-state index in [2.05, 4.69) is 0 Å². The van der Waals surface area contributed by atoms with Crippen LogP contribution < -0.4 is 0 Å². The Bertz CT molecular complexity index is 173. The van der Waals surface area contributed by atoms with Gasteiger partial charge in [-0.2, -0.15) is 0 Å². The molecule has 72 valence electrons. The standard InChI is InChI=1S/C2H4O2.4CH3.H2O.O.2Sn/c1-2(3)4;;;;;;;;/h1H3,(H,3,4);4*1H3;1H2;;;/q;;;;;;;2*+1/p-2. The van der Waals surface area contributed by atoms with E-state index in [1.807, 2.05) is 9.88 Å². The van der Waals surface area contributed by atoms with Crippen molar-refractivity contribution in [1.29, 1.82) is 0 Å². The fourth-order valence-corrected chi connectivity index (χ4v) is 30.3. The molecule has 0 saturated carbocycles. The van der Waals surface area contributed by atoms with Crippen LogP contribution in [-0.4, -0.2) is 47.8 Å². The second kappa shape index (κ2) is 4.47. The van der Waals surface area contributed by atoms with E-state index in [1.54, 1.807) is 9.88 Å². The summed E-state index contributed by atoms with van der Waals surface area (Å²) in [4.78, 5) is 17.8. The zero-order chi connectivity index (χ0) is 9.99. The third-order valence-electron chi connectivity index (χ3n) is 0.885. The van der Waals surface area contributed by atoms with E-state index >= 15 is 0 Å². The van der Waals surface area contributed by atoms with Gasteiger partial charge in [-0.25, -0.2) is 0 Å². The minimum absolute atomic E-state index is 0.314. The topological polar surface area (TPSA) is 55.8 Å². The molecule has 0 rings (SSSR count). The van der Waals surface area contributed by atoms with Crippen LogP contribution in [0.2, 0.25) is 19.8 Å². The van der Waals surface area contributed by atoms with E-state index < -0.39 is 38.4 Å². The predicted octanol–water partition coefficient (Wildman–Crippen LogP) is 0.962. The average Bonchev–Trinajstić information content (AvgIpc) is 1.48. The molecule has 0 aliphatic heterocycles. The van der Waals surface area contributed by atoms with Gasteiger partial charge in [-0.1, -0.05) is 0 Å². The molecule has 0 saturated heterocycles. The molecule has 0 aliphatic rings. The molecule has 0 bridgehead atoms. The van der Waals surface area contributed by atoms with Gasteiger partial charge in [0.05, 0.1) is 0 Å². The first kappa shape index (κ1) is 13.0. The Balaban J connectivity index is 4.13. The van der Waals surface area contributed by atoms with E-state index in [0.717, 1.165) is 0 Å². The van der Waals surface area contributed by atoms with Crippen LogP contribution in [0.4, 0.5) is 0 Å². The maximum absolute atomic E-state index is 10.6. The first-order chi connectivity index (χ1) is 5.12. The van der Waals surface area contributed by atoms with Gasteiger partial charge < -0.3 is 0 Å². The van der Waals surface area contributed by atoms with Gasteiger partial charge in [-0.3, -0.25) is 0 Å². The third kappa shape index (κ3) is 7.63. The Labute approximate surface area is 83.2 Å². The molecule has 6 heteroatoms. The zero-order valence-electron chi connectivity index (χ0n) is 8.17. The van der Waals surface area contributed by atoms with E-state index in [-0.39, 0.29) is 5.97 Å². The van der Waals surface area contributed by atoms with Crippen molar-refractivity contribution in [3.8, 4) is 0 Å². The van der Waals surface area contributed by atoms with Crippen molar-refractivity contribution >= 4 is 44.4 Å². The SMILES string of the molecule is CC(=O)[O][Sn]([CH3])([CH3])[O][Sn]([CH3])([CH3])[OH].